The fourth-order valence-electron chi connectivity index (χ4n) is 6.36. The zero-order chi connectivity index (χ0) is 16.4. The summed E-state index contributed by atoms with van der Waals surface area (Å²) in [7, 11) is 0. The molecule has 3 aliphatic carbocycles. The summed E-state index contributed by atoms with van der Waals surface area (Å²) in [5.41, 5.74) is 0.947. The van der Waals surface area contributed by atoms with Gasteiger partial charge in [-0.15, -0.1) is 0 Å². The van der Waals surface area contributed by atoms with Gasteiger partial charge in [-0.1, -0.05) is 6.92 Å². The Balaban J connectivity index is 1.70. The number of aliphatic hydroxyl groups is 1. The van der Waals surface area contributed by atoms with Gasteiger partial charge in [0.1, 0.15) is 0 Å². The number of amides is 1. The summed E-state index contributed by atoms with van der Waals surface area (Å²) in [5, 5.41) is 13.6. The molecule has 0 radical (unpaired) electrons. The largest absolute Gasteiger partial charge is 0.504 e. The number of fused-ring (bicyclic) bond motifs is 5. The zero-order valence-corrected chi connectivity index (χ0v) is 14.2. The topological polar surface area (TPSA) is 66.4 Å². The second kappa shape index (κ2) is 4.84. The Morgan fingerprint density at radius 1 is 1.00 bits per heavy atom. The van der Waals surface area contributed by atoms with Crippen LogP contribution in [-0.4, -0.2) is 22.3 Å². The molecule has 23 heavy (non-hydrogen) atoms. The lowest BCUT2D eigenvalue weighted by Crippen LogP contribution is -2.62. The first-order chi connectivity index (χ1) is 10.8. The van der Waals surface area contributed by atoms with Crippen LogP contribution in [0, 0.1) is 23.2 Å². The molecule has 2 unspecified atom stereocenters. The molecule has 0 aromatic carbocycles. The number of carbonyl (C=O) groups excluding carboxylic acids is 2. The molecule has 4 nitrogen and oxygen atoms in total. The molecule has 4 aliphatic rings. The van der Waals surface area contributed by atoms with E-state index in [0.717, 1.165) is 44.1 Å². The van der Waals surface area contributed by atoms with E-state index in [9.17, 15) is 14.7 Å². The van der Waals surface area contributed by atoms with E-state index in [4.69, 9.17) is 0 Å². The molecule has 4 heteroatoms. The van der Waals surface area contributed by atoms with E-state index in [1.54, 1.807) is 0 Å². The lowest BCUT2D eigenvalue weighted by molar-refractivity contribution is -0.133. The van der Waals surface area contributed by atoms with Crippen LogP contribution in [0.1, 0.15) is 65.2 Å². The number of hydrogen-bond donors (Lipinski definition) is 2. The molecule has 0 spiro atoms. The molecule has 5 atom stereocenters. The van der Waals surface area contributed by atoms with E-state index in [1.165, 1.54) is 0 Å². The van der Waals surface area contributed by atoms with Crippen molar-refractivity contribution in [3.63, 3.8) is 0 Å². The first kappa shape index (κ1) is 15.2. The summed E-state index contributed by atoms with van der Waals surface area (Å²) < 4.78 is 0. The quantitative estimate of drug-likeness (QED) is 0.720. The summed E-state index contributed by atoms with van der Waals surface area (Å²) in [6.07, 6.45) is 6.98. The van der Waals surface area contributed by atoms with Gasteiger partial charge in [0, 0.05) is 18.4 Å². The van der Waals surface area contributed by atoms with Gasteiger partial charge in [0.05, 0.1) is 0 Å². The molecule has 1 saturated heterocycles. The number of ketones is 1. The molecule has 4 rings (SSSR count). The Bertz CT molecular complexity index is 610. The third-order valence-electron chi connectivity index (χ3n) is 7.59. The van der Waals surface area contributed by atoms with Crippen molar-refractivity contribution >= 4 is 11.7 Å². The van der Waals surface area contributed by atoms with Gasteiger partial charge >= 0.3 is 0 Å². The summed E-state index contributed by atoms with van der Waals surface area (Å²) >= 11 is 0. The zero-order valence-electron chi connectivity index (χ0n) is 14.2. The fraction of sp³-hybridized carbons (Fsp3) is 0.789. The summed E-state index contributed by atoms with van der Waals surface area (Å²) in [6.45, 7) is 4.49. The SMILES string of the molecule is C[C@]12CCC(=O)C(O)=C1CC[C@@H]1C2CC[C@]2(C)NC(=O)CCC12. The molecule has 1 amide bonds. The molecule has 0 aromatic rings. The fourth-order valence-corrected chi connectivity index (χ4v) is 6.36. The molecule has 0 aromatic heterocycles. The lowest BCUT2D eigenvalue weighted by Gasteiger charge is -2.59. The molecule has 126 valence electrons. The van der Waals surface area contributed by atoms with E-state index in [2.05, 4.69) is 19.2 Å². The van der Waals surface area contributed by atoms with E-state index in [0.29, 0.717) is 30.6 Å². The molecule has 2 N–H and O–H groups in total. The third-order valence-corrected chi connectivity index (χ3v) is 7.59. The van der Waals surface area contributed by atoms with Gasteiger partial charge in [-0.2, -0.15) is 0 Å². The Morgan fingerprint density at radius 3 is 2.57 bits per heavy atom. The molecule has 3 fully saturated rings. The summed E-state index contributed by atoms with van der Waals surface area (Å²) in [4.78, 5) is 23.8. The monoisotopic (exact) mass is 317 g/mol. The van der Waals surface area contributed by atoms with Crippen molar-refractivity contribution in [2.75, 3.05) is 0 Å². The predicted octanol–water partition coefficient (Wildman–Crippen LogP) is 3.27. The van der Waals surface area contributed by atoms with Gasteiger partial charge in [-0.25, -0.2) is 0 Å². The Kier molecular flexibility index (Phi) is 3.20. The van der Waals surface area contributed by atoms with Crippen molar-refractivity contribution in [1.82, 2.24) is 5.32 Å². The molecule has 1 heterocycles. The number of nitrogens with one attached hydrogen (secondary N) is 1. The minimum Gasteiger partial charge on any atom is -0.504 e. The molecule has 0 bridgehead atoms. The van der Waals surface area contributed by atoms with Crippen molar-refractivity contribution in [3.8, 4) is 0 Å². The lowest BCUT2D eigenvalue weighted by atomic mass is 9.47. The van der Waals surface area contributed by atoms with Crippen LogP contribution in [-0.2, 0) is 9.59 Å². The standard InChI is InChI=1S/C19H27NO3/c1-18-9-8-15(21)17(23)14(18)4-3-11-12(18)7-10-19(2)13(11)5-6-16(22)20-19/h11-13,23H,3-10H2,1-2H3,(H,20,22)/t11-,12?,13?,18-,19+/m1/s1. The molecular weight excluding hydrogens is 290 g/mol. The molecule has 1 aliphatic heterocycles. The maximum Gasteiger partial charge on any atom is 0.220 e. The van der Waals surface area contributed by atoms with Crippen molar-refractivity contribution in [1.29, 1.82) is 0 Å². The highest BCUT2D eigenvalue weighted by atomic mass is 16.3. The van der Waals surface area contributed by atoms with Crippen LogP contribution >= 0.6 is 0 Å². The maximum atomic E-state index is 11.9. The number of allylic oxidation sites excluding steroid dienone is 2. The van der Waals surface area contributed by atoms with Gasteiger partial charge in [0.25, 0.3) is 0 Å². The van der Waals surface area contributed by atoms with Crippen molar-refractivity contribution < 1.29 is 14.7 Å². The van der Waals surface area contributed by atoms with Crippen molar-refractivity contribution in [3.05, 3.63) is 11.3 Å². The van der Waals surface area contributed by atoms with Gasteiger partial charge in [-0.3, -0.25) is 9.59 Å². The second-order valence-corrected chi connectivity index (χ2v) is 8.63. The van der Waals surface area contributed by atoms with Gasteiger partial charge < -0.3 is 10.4 Å². The molecule has 2 saturated carbocycles. The number of Topliss-reactive ketones (excluding diaryl/α,β-unsaturated/α-hetero) is 1. The van der Waals surface area contributed by atoms with Gasteiger partial charge in [0.15, 0.2) is 11.5 Å². The van der Waals surface area contributed by atoms with Crippen LogP contribution in [0.25, 0.3) is 0 Å². The van der Waals surface area contributed by atoms with E-state index < -0.39 is 0 Å². The van der Waals surface area contributed by atoms with Gasteiger partial charge in [-0.05, 0) is 74.2 Å². The van der Waals surface area contributed by atoms with Gasteiger partial charge in [0.2, 0.25) is 5.91 Å². The van der Waals surface area contributed by atoms with Crippen LogP contribution in [0.15, 0.2) is 11.3 Å². The number of carbonyl (C=O) groups is 2. The van der Waals surface area contributed by atoms with Crippen molar-refractivity contribution in [2.24, 2.45) is 23.2 Å². The third kappa shape index (κ3) is 2.03. The minimum atomic E-state index is -0.0681. The highest BCUT2D eigenvalue weighted by Gasteiger charge is 2.57. The van der Waals surface area contributed by atoms with Crippen LogP contribution < -0.4 is 5.32 Å². The van der Waals surface area contributed by atoms with E-state index in [1.807, 2.05) is 0 Å². The highest BCUT2D eigenvalue weighted by Crippen LogP contribution is 2.61. The normalized spacial score (nSPS) is 46.6. The predicted molar refractivity (Wildman–Crippen MR) is 86.7 cm³/mol. The van der Waals surface area contributed by atoms with Crippen molar-refractivity contribution in [2.45, 2.75) is 70.8 Å². The summed E-state index contributed by atoms with van der Waals surface area (Å²) in [6, 6.07) is 0. The first-order valence-corrected chi connectivity index (χ1v) is 9.12. The summed E-state index contributed by atoms with van der Waals surface area (Å²) in [5.74, 6) is 1.88. The second-order valence-electron chi connectivity index (χ2n) is 8.63. The molecular formula is C19H27NO3. The average Bonchev–Trinajstić information content (AvgIpc) is 2.50. The smallest absolute Gasteiger partial charge is 0.220 e. The van der Waals surface area contributed by atoms with Crippen LogP contribution in [0.3, 0.4) is 0 Å². The van der Waals surface area contributed by atoms with Crippen LogP contribution in [0.5, 0.6) is 0 Å². The number of hydrogen-bond acceptors (Lipinski definition) is 3. The Labute approximate surface area is 137 Å². The number of piperidine rings is 1. The maximum absolute atomic E-state index is 11.9. The number of aliphatic hydroxyl groups excluding tert-OH is 1. The Hall–Kier alpha value is -1.32. The number of rotatable bonds is 0. The van der Waals surface area contributed by atoms with E-state index in [-0.39, 0.29) is 28.4 Å². The Morgan fingerprint density at radius 2 is 1.78 bits per heavy atom. The highest BCUT2D eigenvalue weighted by molar-refractivity contribution is 5.95. The van der Waals surface area contributed by atoms with Crippen LogP contribution in [0.4, 0.5) is 0 Å². The first-order valence-electron chi connectivity index (χ1n) is 9.12. The minimum absolute atomic E-state index is 0.0241. The van der Waals surface area contributed by atoms with Crippen LogP contribution in [0.2, 0.25) is 0 Å². The average molecular weight is 317 g/mol. The van der Waals surface area contributed by atoms with E-state index >= 15 is 0 Å².